The molecule has 0 spiro atoms. The van der Waals surface area contributed by atoms with Crippen molar-refractivity contribution >= 4 is 17.5 Å². The van der Waals surface area contributed by atoms with E-state index in [4.69, 9.17) is 4.74 Å². The van der Waals surface area contributed by atoms with E-state index in [0.717, 1.165) is 31.2 Å². The topological polar surface area (TPSA) is 80.7 Å². The van der Waals surface area contributed by atoms with E-state index in [1.54, 1.807) is 12.1 Å². The number of hydrogen-bond donors (Lipinski definition) is 1. The van der Waals surface area contributed by atoms with Crippen molar-refractivity contribution in [1.82, 2.24) is 0 Å². The van der Waals surface area contributed by atoms with Gasteiger partial charge in [0.2, 0.25) is 0 Å². The van der Waals surface area contributed by atoms with Gasteiger partial charge in [0.05, 0.1) is 6.10 Å². The van der Waals surface area contributed by atoms with Crippen LogP contribution in [0.1, 0.15) is 69.1 Å². The van der Waals surface area contributed by atoms with Crippen LogP contribution in [0.4, 0.5) is 0 Å². The van der Waals surface area contributed by atoms with Crippen molar-refractivity contribution in [2.45, 2.75) is 70.5 Å². The molecule has 1 aromatic carbocycles. The van der Waals surface area contributed by atoms with E-state index >= 15 is 0 Å². The molecule has 0 amide bonds. The van der Waals surface area contributed by atoms with Gasteiger partial charge in [-0.3, -0.25) is 14.4 Å². The van der Waals surface area contributed by atoms with E-state index in [9.17, 15) is 19.5 Å². The zero-order valence-electron chi connectivity index (χ0n) is 15.9. The van der Waals surface area contributed by atoms with Crippen LogP contribution in [0, 0.1) is 0 Å². The molecular weight excluding hydrogens is 344 g/mol. The lowest BCUT2D eigenvalue weighted by atomic mass is 9.94. The number of carbonyl (C=O) groups is 3. The van der Waals surface area contributed by atoms with Crippen LogP contribution in [0.5, 0.6) is 0 Å². The molecule has 2 rings (SSSR count). The molecule has 5 nitrogen and oxygen atoms in total. The molecule has 0 fully saturated rings. The Balaban J connectivity index is 2.28. The summed E-state index contributed by atoms with van der Waals surface area (Å²) in [6.07, 6.45) is 6.34. The van der Waals surface area contributed by atoms with E-state index in [-0.39, 0.29) is 30.8 Å². The zero-order valence-corrected chi connectivity index (χ0v) is 15.9. The summed E-state index contributed by atoms with van der Waals surface area (Å²) in [4.78, 5) is 36.3. The summed E-state index contributed by atoms with van der Waals surface area (Å²) in [6, 6.07) is 7.40. The van der Waals surface area contributed by atoms with Crippen LogP contribution in [-0.4, -0.2) is 28.7 Å². The summed E-state index contributed by atoms with van der Waals surface area (Å²) in [6.45, 7) is 1.37. The third-order valence-electron chi connectivity index (χ3n) is 4.60. The number of Topliss-reactive ketones (excluding diaryl/α,β-unsaturated/α-hetero) is 2. The number of esters is 1. The molecule has 0 radical (unpaired) electrons. The van der Waals surface area contributed by atoms with Gasteiger partial charge in [0.1, 0.15) is 5.78 Å². The van der Waals surface area contributed by atoms with Gasteiger partial charge in [-0.15, -0.1) is 0 Å². The molecule has 146 valence electrons. The maximum atomic E-state index is 12.8. The quantitative estimate of drug-likeness (QED) is 0.630. The van der Waals surface area contributed by atoms with Gasteiger partial charge in [0.15, 0.2) is 11.9 Å². The minimum Gasteiger partial charge on any atom is -0.449 e. The molecule has 1 N–H and O–H groups in total. The molecule has 0 bridgehead atoms. The summed E-state index contributed by atoms with van der Waals surface area (Å²) in [5.41, 5.74) is 1.56. The zero-order chi connectivity index (χ0) is 19.6. The normalized spacial score (nSPS) is 20.8. The van der Waals surface area contributed by atoms with Gasteiger partial charge >= 0.3 is 5.97 Å². The van der Waals surface area contributed by atoms with E-state index in [1.807, 2.05) is 12.1 Å². The highest BCUT2D eigenvalue weighted by molar-refractivity contribution is 5.88. The Morgan fingerprint density at radius 1 is 1.15 bits per heavy atom. The minimum atomic E-state index is -1.06. The van der Waals surface area contributed by atoms with Crippen LogP contribution in [0.2, 0.25) is 0 Å². The predicted molar refractivity (Wildman–Crippen MR) is 102 cm³/mol. The van der Waals surface area contributed by atoms with E-state index in [0.29, 0.717) is 12.0 Å². The lowest BCUT2D eigenvalue weighted by molar-refractivity contribution is -0.156. The van der Waals surface area contributed by atoms with Gasteiger partial charge in [-0.2, -0.15) is 0 Å². The smallest absolute Gasteiger partial charge is 0.306 e. The highest BCUT2D eigenvalue weighted by atomic mass is 16.5. The van der Waals surface area contributed by atoms with Crippen molar-refractivity contribution in [2.24, 2.45) is 0 Å². The molecule has 5 heteroatoms. The molecule has 0 aliphatic carbocycles. The highest BCUT2D eigenvalue weighted by Crippen LogP contribution is 2.27. The molecule has 2 atom stereocenters. The number of aliphatic hydroxyl groups excluding tert-OH is 1. The average molecular weight is 372 g/mol. The first kappa shape index (κ1) is 21.0. The molecule has 1 aromatic rings. The molecule has 1 heterocycles. The van der Waals surface area contributed by atoms with Crippen molar-refractivity contribution in [3.63, 3.8) is 0 Å². The number of ketones is 2. The second-order valence-electron chi connectivity index (χ2n) is 7.07. The van der Waals surface area contributed by atoms with Crippen LogP contribution in [0.3, 0.4) is 0 Å². The fourth-order valence-corrected chi connectivity index (χ4v) is 3.25. The predicted octanol–water partition coefficient (Wildman–Crippen LogP) is 3.63. The number of hydrogen-bond acceptors (Lipinski definition) is 5. The maximum absolute atomic E-state index is 12.8. The third kappa shape index (κ3) is 7.10. The van der Waals surface area contributed by atoms with Crippen LogP contribution in [-0.2, 0) is 25.5 Å². The van der Waals surface area contributed by atoms with E-state index in [2.05, 4.69) is 12.2 Å². The minimum absolute atomic E-state index is 0.0865. The van der Waals surface area contributed by atoms with Gasteiger partial charge in [0, 0.05) is 24.8 Å². The van der Waals surface area contributed by atoms with Crippen molar-refractivity contribution < 1.29 is 24.2 Å². The molecule has 0 saturated carbocycles. The van der Waals surface area contributed by atoms with Gasteiger partial charge in [0.25, 0.3) is 0 Å². The number of cyclic esters (lactones) is 1. The third-order valence-corrected chi connectivity index (χ3v) is 4.60. The summed E-state index contributed by atoms with van der Waals surface area (Å²) < 4.78 is 5.55. The molecular formula is C22H28O5. The second kappa shape index (κ2) is 10.8. The number of ether oxygens (including phenoxy) is 1. The lowest BCUT2D eigenvalue weighted by Gasteiger charge is -2.21. The summed E-state index contributed by atoms with van der Waals surface area (Å²) in [5.74, 6) is -0.979. The first-order valence-electron chi connectivity index (χ1n) is 9.60. The number of fused-ring (bicyclic) bond motifs is 1. The van der Waals surface area contributed by atoms with Crippen molar-refractivity contribution in [1.29, 1.82) is 0 Å². The maximum Gasteiger partial charge on any atom is 0.306 e. The first-order valence-corrected chi connectivity index (χ1v) is 9.60. The van der Waals surface area contributed by atoms with Crippen molar-refractivity contribution in [3.05, 3.63) is 47.5 Å². The first-order chi connectivity index (χ1) is 13.0. The van der Waals surface area contributed by atoms with Gasteiger partial charge < -0.3 is 9.84 Å². The van der Waals surface area contributed by atoms with E-state index < -0.39 is 18.2 Å². The Labute approximate surface area is 160 Å². The lowest BCUT2D eigenvalue weighted by Crippen LogP contribution is -2.25. The number of carbonyl (C=O) groups excluding carboxylic acids is 3. The Kier molecular flexibility index (Phi) is 8.40. The number of benzene rings is 1. The van der Waals surface area contributed by atoms with Crippen LogP contribution < -0.4 is 0 Å². The second-order valence-corrected chi connectivity index (χ2v) is 7.07. The summed E-state index contributed by atoms with van der Waals surface area (Å²) in [7, 11) is 0. The average Bonchev–Trinajstić information content (AvgIpc) is 2.62. The Morgan fingerprint density at radius 2 is 1.93 bits per heavy atom. The summed E-state index contributed by atoms with van der Waals surface area (Å²) >= 11 is 0. The van der Waals surface area contributed by atoms with Crippen molar-refractivity contribution in [2.75, 3.05) is 0 Å². The monoisotopic (exact) mass is 372 g/mol. The number of rotatable bonds is 5. The molecule has 27 heavy (non-hydrogen) atoms. The van der Waals surface area contributed by atoms with Gasteiger partial charge in [-0.1, -0.05) is 42.8 Å². The van der Waals surface area contributed by atoms with Gasteiger partial charge in [-0.05, 0) is 38.2 Å². The molecule has 0 unspecified atom stereocenters. The van der Waals surface area contributed by atoms with Gasteiger partial charge in [-0.25, -0.2) is 0 Å². The Morgan fingerprint density at radius 3 is 2.70 bits per heavy atom. The van der Waals surface area contributed by atoms with Crippen LogP contribution >= 0.6 is 0 Å². The molecule has 0 aromatic heterocycles. The standard InChI is InChI=1S/C22H28O5/c1-16(23)14-18(24)15-20(25)22-19-12-9-8-11-17(19)10-6-4-2-3-5-7-13-21(26)27-22/h4,6,8-9,11-12,18,22,24H,2-3,5,7,10,13-15H2,1H3/b6-4+/t18-,22-/m0/s1. The number of allylic oxidation sites excluding steroid dienone is 2. The van der Waals surface area contributed by atoms with Crippen molar-refractivity contribution in [3.8, 4) is 0 Å². The molecule has 1 aliphatic heterocycles. The van der Waals surface area contributed by atoms with E-state index in [1.165, 1.54) is 6.92 Å². The fourth-order valence-electron chi connectivity index (χ4n) is 3.25. The largest absolute Gasteiger partial charge is 0.449 e. The SMILES string of the molecule is CC(=O)C[C@H](O)CC(=O)[C@H]1OC(=O)CCCCC/C=C/Cc2ccccc21. The summed E-state index contributed by atoms with van der Waals surface area (Å²) in [5, 5.41) is 9.99. The van der Waals surface area contributed by atoms with Crippen LogP contribution in [0.25, 0.3) is 0 Å². The fraction of sp³-hybridized carbons (Fsp3) is 0.500. The molecule has 1 aliphatic rings. The number of aliphatic hydroxyl groups is 1. The molecule has 0 saturated heterocycles. The Hall–Kier alpha value is -2.27. The highest BCUT2D eigenvalue weighted by Gasteiger charge is 2.28. The Bertz CT molecular complexity index is 692. The van der Waals surface area contributed by atoms with Crippen LogP contribution in [0.15, 0.2) is 36.4 Å².